The lowest BCUT2D eigenvalue weighted by Crippen LogP contribution is -2.21. The van der Waals surface area contributed by atoms with E-state index in [-0.39, 0.29) is 19.0 Å². The number of ether oxygens (including phenoxy) is 2. The Morgan fingerprint density at radius 2 is 2.04 bits per heavy atom. The fourth-order valence-corrected chi connectivity index (χ4v) is 2.43. The normalized spacial score (nSPS) is 11.2. The molecule has 0 saturated carbocycles. The van der Waals surface area contributed by atoms with Gasteiger partial charge in [0, 0.05) is 11.8 Å². The van der Waals surface area contributed by atoms with E-state index in [0.29, 0.717) is 22.2 Å². The van der Waals surface area contributed by atoms with E-state index < -0.39 is 11.9 Å². The molecule has 0 saturated heterocycles. The van der Waals surface area contributed by atoms with Gasteiger partial charge in [-0.3, -0.25) is 4.79 Å². The van der Waals surface area contributed by atoms with Crippen molar-refractivity contribution in [2.24, 2.45) is 0 Å². The molecular weight excluding hydrogens is 358 g/mol. The Labute approximate surface area is 156 Å². The number of aryl methyl sites for hydroxylation is 1. The second-order valence-electron chi connectivity index (χ2n) is 5.47. The fourth-order valence-electron chi connectivity index (χ4n) is 2.16. The molecule has 0 bridgehead atoms. The van der Waals surface area contributed by atoms with Gasteiger partial charge in [0.25, 0.3) is 5.91 Å². The number of benzene rings is 1. The van der Waals surface area contributed by atoms with E-state index in [4.69, 9.17) is 25.5 Å². The Kier molecular flexibility index (Phi) is 6.86. The zero-order valence-electron chi connectivity index (χ0n) is 14.8. The summed E-state index contributed by atoms with van der Waals surface area (Å²) in [7, 11) is 0. The van der Waals surface area contributed by atoms with Crippen LogP contribution in [0.4, 0.5) is 0 Å². The van der Waals surface area contributed by atoms with Crippen molar-refractivity contribution in [2.45, 2.75) is 27.4 Å². The van der Waals surface area contributed by atoms with Crippen LogP contribution in [0.3, 0.4) is 0 Å². The van der Waals surface area contributed by atoms with Crippen LogP contribution in [0.25, 0.3) is 0 Å². The van der Waals surface area contributed by atoms with Gasteiger partial charge in [0.05, 0.1) is 11.6 Å². The Morgan fingerprint density at radius 3 is 2.73 bits per heavy atom. The first kappa shape index (κ1) is 19.6. The number of amides is 1. The summed E-state index contributed by atoms with van der Waals surface area (Å²) in [4.78, 5) is 23.5. The van der Waals surface area contributed by atoms with Crippen LogP contribution in [0, 0.1) is 6.92 Å². The summed E-state index contributed by atoms with van der Waals surface area (Å²) in [6, 6.07) is 8.65. The van der Waals surface area contributed by atoms with Crippen molar-refractivity contribution >= 4 is 23.5 Å². The summed E-state index contributed by atoms with van der Waals surface area (Å²) >= 11 is 6.11. The molecule has 7 heteroatoms. The smallest absolute Gasteiger partial charge is 0.332 e. The monoisotopic (exact) mass is 377 g/mol. The fraction of sp³-hybridized carbons (Fsp3) is 0.263. The maximum atomic E-state index is 12.1. The van der Waals surface area contributed by atoms with E-state index in [1.54, 1.807) is 26.0 Å². The first-order valence-electron chi connectivity index (χ1n) is 8.03. The van der Waals surface area contributed by atoms with Crippen molar-refractivity contribution in [2.75, 3.05) is 6.61 Å². The highest BCUT2D eigenvalue weighted by molar-refractivity contribution is 6.32. The molecule has 0 aliphatic rings. The lowest BCUT2D eigenvalue weighted by molar-refractivity contribution is -0.137. The highest BCUT2D eigenvalue weighted by Crippen LogP contribution is 2.28. The maximum Gasteiger partial charge on any atom is 0.332 e. The number of furan rings is 1. The molecule has 1 aromatic heterocycles. The molecule has 2 aromatic rings. The van der Waals surface area contributed by atoms with Crippen molar-refractivity contribution in [1.82, 2.24) is 5.32 Å². The summed E-state index contributed by atoms with van der Waals surface area (Å²) < 4.78 is 15.9. The first-order valence-corrected chi connectivity index (χ1v) is 8.41. The van der Waals surface area contributed by atoms with Crippen LogP contribution in [0.1, 0.15) is 35.7 Å². The van der Waals surface area contributed by atoms with Crippen LogP contribution in [0.15, 0.2) is 46.5 Å². The average molecular weight is 378 g/mol. The molecule has 0 fully saturated rings. The van der Waals surface area contributed by atoms with Gasteiger partial charge < -0.3 is 19.2 Å². The largest absolute Gasteiger partial charge is 0.484 e. The van der Waals surface area contributed by atoms with Crippen molar-refractivity contribution in [3.63, 3.8) is 0 Å². The number of carbonyl (C=O) groups excluding carboxylic acids is 2. The van der Waals surface area contributed by atoms with Gasteiger partial charge in [0.1, 0.15) is 18.1 Å². The second-order valence-corrected chi connectivity index (χ2v) is 5.88. The van der Waals surface area contributed by atoms with Gasteiger partial charge in [-0.05, 0) is 44.5 Å². The molecule has 0 atom stereocenters. The minimum atomic E-state index is -0.519. The number of allylic oxidation sites excluding steroid dienone is 1. The van der Waals surface area contributed by atoms with Crippen LogP contribution in [0.2, 0.25) is 5.02 Å². The molecule has 26 heavy (non-hydrogen) atoms. The van der Waals surface area contributed by atoms with Gasteiger partial charge in [-0.1, -0.05) is 23.7 Å². The third-order valence-electron chi connectivity index (χ3n) is 3.34. The van der Waals surface area contributed by atoms with Gasteiger partial charge in [-0.25, -0.2) is 4.79 Å². The molecule has 138 valence electrons. The summed E-state index contributed by atoms with van der Waals surface area (Å²) in [6.45, 7) is 5.58. The molecule has 0 spiro atoms. The van der Waals surface area contributed by atoms with Crippen molar-refractivity contribution in [1.29, 1.82) is 0 Å². The zero-order chi connectivity index (χ0) is 19.1. The number of hydrogen-bond acceptors (Lipinski definition) is 5. The van der Waals surface area contributed by atoms with E-state index in [0.717, 1.165) is 5.56 Å². The summed E-state index contributed by atoms with van der Waals surface area (Å²) in [5, 5.41) is 3.07. The lowest BCUT2D eigenvalue weighted by atomic mass is 10.2. The zero-order valence-corrected chi connectivity index (χ0v) is 15.6. The molecule has 0 radical (unpaired) electrons. The van der Waals surface area contributed by atoms with Crippen LogP contribution >= 0.6 is 11.6 Å². The molecule has 1 amide bonds. The highest BCUT2D eigenvalue weighted by Gasteiger charge is 2.13. The van der Waals surface area contributed by atoms with E-state index in [9.17, 15) is 9.59 Å². The summed E-state index contributed by atoms with van der Waals surface area (Å²) in [5.41, 5.74) is 1.26. The second kappa shape index (κ2) is 9.10. The predicted molar refractivity (Wildman–Crippen MR) is 97.1 cm³/mol. The molecule has 0 aliphatic heterocycles. The third-order valence-corrected chi connectivity index (χ3v) is 3.64. The molecular formula is C19H20ClNO5. The summed E-state index contributed by atoms with van der Waals surface area (Å²) in [5.74, 6) is 0.166. The molecule has 1 heterocycles. The Hall–Kier alpha value is -2.73. The Morgan fingerprint density at radius 1 is 1.27 bits per heavy atom. The van der Waals surface area contributed by atoms with E-state index in [1.165, 1.54) is 12.1 Å². The summed E-state index contributed by atoms with van der Waals surface area (Å²) in [6.07, 6.45) is 1.20. The van der Waals surface area contributed by atoms with E-state index >= 15 is 0 Å². The Balaban J connectivity index is 1.96. The molecule has 0 aliphatic carbocycles. The number of carbonyl (C=O) groups is 2. The topological polar surface area (TPSA) is 77.8 Å². The van der Waals surface area contributed by atoms with Gasteiger partial charge in [-0.2, -0.15) is 0 Å². The minimum absolute atomic E-state index is 0.107. The average Bonchev–Trinajstić information content (AvgIpc) is 3.03. The standard InChI is InChI=1S/C19H20ClNO5/c1-4-24-17(22)10-13(3)21-19(23)16-9-8-14(26-16)11-25-18-12(2)6-5-7-15(18)20/h5-10H,4,11H2,1-3H3,(H,21,23)/b13-10+. The highest BCUT2D eigenvalue weighted by atomic mass is 35.5. The SMILES string of the molecule is CCOC(=O)/C=C(\C)NC(=O)c1ccc(COc2c(C)cccc2Cl)o1. The Bertz CT molecular complexity index is 805. The van der Waals surface area contributed by atoms with Crippen LogP contribution in [0.5, 0.6) is 5.75 Å². The quantitative estimate of drug-likeness (QED) is 0.582. The van der Waals surface area contributed by atoms with Crippen LogP contribution < -0.4 is 10.1 Å². The number of para-hydroxylation sites is 1. The number of esters is 1. The lowest BCUT2D eigenvalue weighted by Gasteiger charge is -2.09. The van der Waals surface area contributed by atoms with Gasteiger partial charge in [-0.15, -0.1) is 0 Å². The number of rotatable bonds is 7. The molecule has 1 aromatic carbocycles. The predicted octanol–water partition coefficient (Wildman–Crippen LogP) is 4.02. The maximum absolute atomic E-state index is 12.1. The van der Waals surface area contributed by atoms with Crippen molar-refractivity contribution in [3.8, 4) is 5.75 Å². The molecule has 6 nitrogen and oxygen atoms in total. The van der Waals surface area contributed by atoms with Crippen LogP contribution in [-0.2, 0) is 16.1 Å². The number of halogens is 1. The van der Waals surface area contributed by atoms with Gasteiger partial charge in [0.15, 0.2) is 5.76 Å². The molecule has 1 N–H and O–H groups in total. The molecule has 2 rings (SSSR count). The number of hydrogen-bond donors (Lipinski definition) is 1. The van der Waals surface area contributed by atoms with E-state index in [1.807, 2.05) is 19.1 Å². The first-order chi connectivity index (χ1) is 12.4. The minimum Gasteiger partial charge on any atom is -0.484 e. The molecule has 0 unspecified atom stereocenters. The van der Waals surface area contributed by atoms with Gasteiger partial charge >= 0.3 is 5.97 Å². The third kappa shape index (κ3) is 5.39. The van der Waals surface area contributed by atoms with Crippen LogP contribution in [-0.4, -0.2) is 18.5 Å². The number of nitrogens with one attached hydrogen (secondary N) is 1. The van der Waals surface area contributed by atoms with Crippen molar-refractivity contribution < 1.29 is 23.5 Å². The van der Waals surface area contributed by atoms with E-state index in [2.05, 4.69) is 5.32 Å². The van der Waals surface area contributed by atoms with Crippen molar-refractivity contribution in [3.05, 3.63) is 64.2 Å². The van der Waals surface area contributed by atoms with Gasteiger partial charge in [0.2, 0.25) is 0 Å².